The third-order valence-corrected chi connectivity index (χ3v) is 11.1. The number of rotatable bonds is 3. The van der Waals surface area contributed by atoms with Crippen LogP contribution in [-0.4, -0.2) is 9.97 Å². The highest BCUT2D eigenvalue weighted by molar-refractivity contribution is 6.13. The SMILES string of the molecule is c1ccc(-c2cc(-c3ccccc3)nc(-c3cc4c(c5ccccc35)-c3ccc5ccccc5c3C43c4ccccc4-c4ccccc43)n2)cc1. The molecule has 0 atom stereocenters. The largest absolute Gasteiger partial charge is 0.228 e. The quantitative estimate of drug-likeness (QED) is 0.191. The zero-order valence-corrected chi connectivity index (χ0v) is 27.7. The van der Waals surface area contributed by atoms with E-state index in [9.17, 15) is 0 Å². The highest BCUT2D eigenvalue weighted by atomic mass is 14.9. The average molecular weight is 647 g/mol. The van der Waals surface area contributed by atoms with Crippen molar-refractivity contribution >= 4 is 21.5 Å². The number of hydrogen-bond donors (Lipinski definition) is 0. The smallest absolute Gasteiger partial charge is 0.161 e. The Morgan fingerprint density at radius 2 is 0.882 bits per heavy atom. The van der Waals surface area contributed by atoms with Gasteiger partial charge in [0.1, 0.15) is 0 Å². The highest BCUT2D eigenvalue weighted by Crippen LogP contribution is 2.65. The van der Waals surface area contributed by atoms with Crippen molar-refractivity contribution in [1.29, 1.82) is 0 Å². The lowest BCUT2D eigenvalue weighted by Crippen LogP contribution is -2.26. The fraction of sp³-hybridized carbons (Fsp3) is 0.0204. The Bertz CT molecular complexity index is 2750. The summed E-state index contributed by atoms with van der Waals surface area (Å²) in [7, 11) is 0. The van der Waals surface area contributed by atoms with E-state index in [1.165, 1.54) is 60.7 Å². The first-order valence-electron chi connectivity index (χ1n) is 17.6. The van der Waals surface area contributed by atoms with E-state index in [0.29, 0.717) is 0 Å². The van der Waals surface area contributed by atoms with E-state index in [-0.39, 0.29) is 0 Å². The lowest BCUT2D eigenvalue weighted by molar-refractivity contribution is 0.802. The maximum absolute atomic E-state index is 5.37. The van der Waals surface area contributed by atoms with Gasteiger partial charge in [-0.25, -0.2) is 9.97 Å². The van der Waals surface area contributed by atoms with Crippen LogP contribution in [0, 0.1) is 0 Å². The monoisotopic (exact) mass is 646 g/mol. The van der Waals surface area contributed by atoms with E-state index < -0.39 is 5.41 Å². The molecule has 0 saturated carbocycles. The summed E-state index contributed by atoms with van der Waals surface area (Å²) in [5.41, 5.74) is 15.0. The van der Waals surface area contributed by atoms with E-state index in [2.05, 4.69) is 182 Å². The third-order valence-electron chi connectivity index (χ3n) is 11.1. The first-order chi connectivity index (χ1) is 25.3. The van der Waals surface area contributed by atoms with Crippen LogP contribution in [0.25, 0.3) is 77.7 Å². The average Bonchev–Trinajstić information content (AvgIpc) is 3.68. The zero-order chi connectivity index (χ0) is 33.5. The molecule has 0 aliphatic heterocycles. The molecule has 11 rings (SSSR count). The van der Waals surface area contributed by atoms with Crippen molar-refractivity contribution in [3.05, 3.63) is 204 Å². The standard InChI is InChI=1S/C49H30N2/c1-3-16-32(17-4-1)44-30-45(33-18-5-2-6-19-33)51-48(50-44)40-29-43-46(38-24-10-9-21-35(38)40)39-28-27-31-15-7-8-20-34(31)47(39)49(43)41-25-13-11-22-36(41)37-23-12-14-26-42(37)49/h1-30H. The Kier molecular flexibility index (Phi) is 5.91. The molecule has 0 N–H and O–H groups in total. The molecule has 2 heteroatoms. The van der Waals surface area contributed by atoms with Crippen LogP contribution in [0.3, 0.4) is 0 Å². The van der Waals surface area contributed by atoms with Crippen LogP contribution in [0.5, 0.6) is 0 Å². The molecule has 0 amide bonds. The molecule has 2 nitrogen and oxygen atoms in total. The molecule has 8 aromatic carbocycles. The van der Waals surface area contributed by atoms with Crippen molar-refractivity contribution in [2.75, 3.05) is 0 Å². The van der Waals surface area contributed by atoms with Crippen molar-refractivity contribution in [2.45, 2.75) is 5.41 Å². The molecular weight excluding hydrogens is 617 g/mol. The summed E-state index contributed by atoms with van der Waals surface area (Å²) >= 11 is 0. The minimum atomic E-state index is -0.517. The van der Waals surface area contributed by atoms with Gasteiger partial charge in [-0.1, -0.05) is 170 Å². The minimum absolute atomic E-state index is 0.517. The van der Waals surface area contributed by atoms with Gasteiger partial charge in [0.2, 0.25) is 0 Å². The summed E-state index contributed by atoms with van der Waals surface area (Å²) in [6.07, 6.45) is 0. The van der Waals surface area contributed by atoms with Crippen molar-refractivity contribution in [3.8, 4) is 56.2 Å². The van der Waals surface area contributed by atoms with Gasteiger partial charge < -0.3 is 0 Å². The Labute approximate surface area is 296 Å². The summed E-state index contributed by atoms with van der Waals surface area (Å²) in [5, 5.41) is 4.91. The summed E-state index contributed by atoms with van der Waals surface area (Å²) < 4.78 is 0. The minimum Gasteiger partial charge on any atom is -0.228 e. The highest BCUT2D eigenvalue weighted by Gasteiger charge is 2.53. The topological polar surface area (TPSA) is 25.8 Å². The van der Waals surface area contributed by atoms with Gasteiger partial charge in [-0.2, -0.15) is 0 Å². The lowest BCUT2D eigenvalue weighted by atomic mass is 9.69. The molecule has 0 fully saturated rings. The predicted octanol–water partition coefficient (Wildman–Crippen LogP) is 12.1. The van der Waals surface area contributed by atoms with Crippen LogP contribution in [-0.2, 0) is 5.41 Å². The van der Waals surface area contributed by atoms with Gasteiger partial charge in [0, 0.05) is 16.7 Å². The van der Waals surface area contributed by atoms with Gasteiger partial charge in [-0.05, 0) is 78.2 Å². The molecule has 2 aliphatic carbocycles. The second kappa shape index (κ2) is 10.7. The van der Waals surface area contributed by atoms with Crippen molar-refractivity contribution in [3.63, 3.8) is 0 Å². The molecule has 1 aromatic heterocycles. The molecule has 9 aromatic rings. The fourth-order valence-corrected chi connectivity index (χ4v) is 9.04. The van der Waals surface area contributed by atoms with E-state index in [1.807, 2.05) is 0 Å². The zero-order valence-electron chi connectivity index (χ0n) is 27.7. The molecule has 0 unspecified atom stereocenters. The Balaban J connectivity index is 1.30. The number of benzene rings is 8. The van der Waals surface area contributed by atoms with Gasteiger partial charge in [0.15, 0.2) is 5.82 Å². The fourth-order valence-electron chi connectivity index (χ4n) is 9.04. The third kappa shape index (κ3) is 3.87. The molecule has 1 spiro atoms. The maximum Gasteiger partial charge on any atom is 0.161 e. The van der Waals surface area contributed by atoms with E-state index in [0.717, 1.165) is 39.3 Å². The number of hydrogen-bond acceptors (Lipinski definition) is 2. The van der Waals surface area contributed by atoms with Crippen molar-refractivity contribution < 1.29 is 0 Å². The second-order valence-electron chi connectivity index (χ2n) is 13.6. The Morgan fingerprint density at radius 3 is 1.53 bits per heavy atom. The van der Waals surface area contributed by atoms with E-state index in [4.69, 9.17) is 9.97 Å². The molecule has 236 valence electrons. The first kappa shape index (κ1) is 28.2. The van der Waals surface area contributed by atoms with Crippen LogP contribution in [0.4, 0.5) is 0 Å². The molecule has 0 bridgehead atoms. The van der Waals surface area contributed by atoms with Crippen LogP contribution in [0.1, 0.15) is 22.3 Å². The van der Waals surface area contributed by atoms with Crippen molar-refractivity contribution in [2.24, 2.45) is 0 Å². The number of fused-ring (bicyclic) bond motifs is 14. The van der Waals surface area contributed by atoms with Gasteiger partial charge in [0.05, 0.1) is 16.8 Å². The molecule has 1 heterocycles. The first-order valence-corrected chi connectivity index (χ1v) is 17.6. The normalized spacial score (nSPS) is 13.3. The van der Waals surface area contributed by atoms with Gasteiger partial charge in [-0.3, -0.25) is 0 Å². The van der Waals surface area contributed by atoms with Gasteiger partial charge in [0.25, 0.3) is 0 Å². The maximum atomic E-state index is 5.37. The summed E-state index contributed by atoms with van der Waals surface area (Å²) in [6.45, 7) is 0. The number of aromatic nitrogens is 2. The molecular formula is C49H30N2. The summed E-state index contributed by atoms with van der Waals surface area (Å²) in [4.78, 5) is 10.7. The van der Waals surface area contributed by atoms with Crippen LogP contribution < -0.4 is 0 Å². The molecule has 2 aliphatic rings. The molecule has 0 radical (unpaired) electrons. The molecule has 51 heavy (non-hydrogen) atoms. The van der Waals surface area contributed by atoms with Gasteiger partial charge >= 0.3 is 0 Å². The predicted molar refractivity (Wildman–Crippen MR) is 210 cm³/mol. The van der Waals surface area contributed by atoms with E-state index in [1.54, 1.807) is 0 Å². The van der Waals surface area contributed by atoms with Crippen molar-refractivity contribution in [1.82, 2.24) is 9.97 Å². The van der Waals surface area contributed by atoms with Crippen LogP contribution >= 0.6 is 0 Å². The van der Waals surface area contributed by atoms with Crippen LogP contribution in [0.2, 0.25) is 0 Å². The lowest BCUT2D eigenvalue weighted by Gasteiger charge is -2.32. The second-order valence-corrected chi connectivity index (χ2v) is 13.6. The summed E-state index contributed by atoms with van der Waals surface area (Å²) in [5.74, 6) is 0.727. The molecule has 0 saturated heterocycles. The van der Waals surface area contributed by atoms with E-state index >= 15 is 0 Å². The Hall–Kier alpha value is -6.64. The number of nitrogens with zero attached hydrogens (tertiary/aromatic N) is 2. The Morgan fingerprint density at radius 1 is 0.353 bits per heavy atom. The summed E-state index contributed by atoms with van der Waals surface area (Å²) in [6, 6.07) is 65.9. The van der Waals surface area contributed by atoms with Gasteiger partial charge in [-0.15, -0.1) is 0 Å². The van der Waals surface area contributed by atoms with Crippen LogP contribution in [0.15, 0.2) is 182 Å².